The number of hydrogen-bond acceptors (Lipinski definition) is 5. The molecule has 0 unspecified atom stereocenters. The molecular weight excluding hydrogens is 501 g/mol. The summed E-state index contributed by atoms with van der Waals surface area (Å²) in [6.07, 6.45) is 2.56. The van der Waals surface area contributed by atoms with Crippen LogP contribution in [0.2, 0.25) is 0 Å². The van der Waals surface area contributed by atoms with Gasteiger partial charge in [-0.2, -0.15) is 0 Å². The summed E-state index contributed by atoms with van der Waals surface area (Å²) in [4.78, 5) is 19.0. The van der Waals surface area contributed by atoms with Crippen molar-refractivity contribution in [2.45, 2.75) is 36.8 Å². The van der Waals surface area contributed by atoms with Crippen LogP contribution in [-0.4, -0.2) is 53.5 Å². The van der Waals surface area contributed by atoms with Gasteiger partial charge in [-0.1, -0.05) is 0 Å². The molecule has 0 bridgehead atoms. The zero-order chi connectivity index (χ0) is 26.4. The van der Waals surface area contributed by atoms with E-state index in [0.717, 1.165) is 19.0 Å². The van der Waals surface area contributed by atoms with Gasteiger partial charge in [-0.15, -0.1) is 11.8 Å². The average Bonchev–Trinajstić information content (AvgIpc) is 2.88. The number of rotatable bonds is 11. The molecular formula is C28H31F3N2O3S. The smallest absolute Gasteiger partial charge is 0.308 e. The normalized spacial score (nSPS) is 19.1. The van der Waals surface area contributed by atoms with Crippen LogP contribution in [0.5, 0.6) is 5.75 Å². The van der Waals surface area contributed by atoms with Gasteiger partial charge >= 0.3 is 5.97 Å². The first-order valence-corrected chi connectivity index (χ1v) is 13.4. The minimum atomic E-state index is -1.23. The van der Waals surface area contributed by atoms with Gasteiger partial charge < -0.3 is 14.7 Å². The van der Waals surface area contributed by atoms with Crippen LogP contribution in [0.15, 0.2) is 53.6 Å². The Morgan fingerprint density at radius 1 is 1.22 bits per heavy atom. The van der Waals surface area contributed by atoms with Gasteiger partial charge in [-0.3, -0.25) is 9.78 Å². The largest absolute Gasteiger partial charge is 0.497 e. The van der Waals surface area contributed by atoms with Crippen molar-refractivity contribution in [1.29, 1.82) is 0 Å². The Morgan fingerprint density at radius 2 is 2.00 bits per heavy atom. The number of carboxylic acid groups (broad SMARTS) is 1. The molecule has 0 spiro atoms. The molecule has 3 atom stereocenters. The Hall–Kier alpha value is -2.78. The SMILES string of the molecule is COc1ccc2nccc([C@H](F)CC[C@@H]3CCN(CCCSc4cc(F)cc(F)c4)C[C@@H]3C(=O)O)c2c1. The molecule has 1 aromatic heterocycles. The standard InChI is InChI=1S/C28H31F3N2O3S/c1-36-21-4-6-27-24(16-21)23(7-9-32-27)26(31)5-3-18-8-11-33(17-25(18)28(34)35)10-2-12-37-22-14-19(29)13-20(30)15-22/h4,6-7,9,13-16,18,25-26H,2-3,5,8,10-12,17H2,1H3,(H,34,35)/t18-,25+,26-/m1/s1. The van der Waals surface area contributed by atoms with E-state index in [0.29, 0.717) is 58.8 Å². The highest BCUT2D eigenvalue weighted by Crippen LogP contribution is 2.35. The van der Waals surface area contributed by atoms with Gasteiger partial charge in [0.05, 0.1) is 18.5 Å². The van der Waals surface area contributed by atoms with Crippen molar-refractivity contribution in [2.24, 2.45) is 11.8 Å². The number of likely N-dealkylation sites (tertiary alicyclic amines) is 1. The van der Waals surface area contributed by atoms with Crippen LogP contribution in [0.25, 0.3) is 10.9 Å². The van der Waals surface area contributed by atoms with E-state index in [1.807, 2.05) is 0 Å². The number of benzene rings is 2. The summed E-state index contributed by atoms with van der Waals surface area (Å²) in [6, 6.07) is 10.5. The van der Waals surface area contributed by atoms with E-state index in [4.69, 9.17) is 4.74 Å². The van der Waals surface area contributed by atoms with E-state index < -0.39 is 29.7 Å². The highest BCUT2D eigenvalue weighted by molar-refractivity contribution is 7.99. The molecule has 37 heavy (non-hydrogen) atoms. The molecule has 0 radical (unpaired) electrons. The fraction of sp³-hybridized carbons (Fsp3) is 0.429. The third-order valence-corrected chi connectivity index (χ3v) is 8.05. The number of halogens is 3. The first kappa shape index (κ1) is 27.3. The number of methoxy groups -OCH3 is 1. The second-order valence-electron chi connectivity index (χ2n) is 9.43. The Labute approximate surface area is 219 Å². The summed E-state index contributed by atoms with van der Waals surface area (Å²) in [5.41, 5.74) is 1.24. The van der Waals surface area contributed by atoms with Crippen LogP contribution < -0.4 is 4.74 Å². The van der Waals surface area contributed by atoms with Gasteiger partial charge in [0, 0.05) is 29.1 Å². The second kappa shape index (κ2) is 12.6. The van der Waals surface area contributed by atoms with Crippen LogP contribution in [0.1, 0.15) is 37.4 Å². The van der Waals surface area contributed by atoms with Crippen LogP contribution in [0, 0.1) is 23.5 Å². The molecule has 2 heterocycles. The maximum Gasteiger partial charge on any atom is 0.308 e. The van der Waals surface area contributed by atoms with Gasteiger partial charge in [0.2, 0.25) is 0 Å². The quantitative estimate of drug-likeness (QED) is 0.224. The van der Waals surface area contributed by atoms with Crippen molar-refractivity contribution >= 4 is 28.6 Å². The minimum Gasteiger partial charge on any atom is -0.497 e. The predicted molar refractivity (Wildman–Crippen MR) is 139 cm³/mol. The average molecular weight is 533 g/mol. The Bertz CT molecular complexity index is 1210. The Kier molecular flexibility index (Phi) is 9.32. The molecule has 5 nitrogen and oxygen atoms in total. The van der Waals surface area contributed by atoms with E-state index in [9.17, 15) is 18.7 Å². The number of fused-ring (bicyclic) bond motifs is 1. The molecule has 4 rings (SSSR count). The fourth-order valence-electron chi connectivity index (χ4n) is 5.05. The van der Waals surface area contributed by atoms with E-state index in [2.05, 4.69) is 9.88 Å². The third-order valence-electron chi connectivity index (χ3n) is 6.99. The monoisotopic (exact) mass is 532 g/mol. The lowest BCUT2D eigenvalue weighted by atomic mass is 9.81. The zero-order valence-electron chi connectivity index (χ0n) is 20.7. The summed E-state index contributed by atoms with van der Waals surface area (Å²) in [5, 5.41) is 10.6. The molecule has 2 aromatic carbocycles. The number of carbonyl (C=O) groups is 1. The minimum absolute atomic E-state index is 0.0979. The Morgan fingerprint density at radius 3 is 2.73 bits per heavy atom. The first-order chi connectivity index (χ1) is 17.8. The number of alkyl halides is 1. The Balaban J connectivity index is 1.29. The first-order valence-electron chi connectivity index (χ1n) is 12.4. The summed E-state index contributed by atoms with van der Waals surface area (Å²) < 4.78 is 47.3. The number of ether oxygens (including phenoxy) is 1. The molecule has 0 saturated carbocycles. The number of thioether (sulfide) groups is 1. The number of nitrogens with zero attached hydrogens (tertiary/aromatic N) is 2. The molecule has 198 valence electrons. The third kappa shape index (κ3) is 7.17. The van der Waals surface area contributed by atoms with E-state index in [1.165, 1.54) is 23.9 Å². The molecule has 1 N–H and O–H groups in total. The maximum atomic E-state index is 15.4. The van der Waals surface area contributed by atoms with E-state index in [-0.39, 0.29) is 12.3 Å². The van der Waals surface area contributed by atoms with Crippen LogP contribution in [0.4, 0.5) is 13.2 Å². The lowest BCUT2D eigenvalue weighted by Gasteiger charge is -2.36. The van der Waals surface area contributed by atoms with E-state index >= 15 is 4.39 Å². The van der Waals surface area contributed by atoms with E-state index in [1.54, 1.807) is 37.6 Å². The summed E-state index contributed by atoms with van der Waals surface area (Å²) >= 11 is 1.38. The van der Waals surface area contributed by atoms with Crippen molar-refractivity contribution in [3.8, 4) is 5.75 Å². The highest BCUT2D eigenvalue weighted by Gasteiger charge is 2.34. The zero-order valence-corrected chi connectivity index (χ0v) is 21.5. The summed E-state index contributed by atoms with van der Waals surface area (Å²) in [7, 11) is 1.56. The van der Waals surface area contributed by atoms with Crippen molar-refractivity contribution in [3.05, 3.63) is 65.9 Å². The molecule has 0 aliphatic carbocycles. The van der Waals surface area contributed by atoms with Gasteiger partial charge in [0.15, 0.2) is 0 Å². The molecule has 1 saturated heterocycles. The van der Waals surface area contributed by atoms with Gasteiger partial charge in [-0.05, 0) is 92.4 Å². The molecule has 9 heteroatoms. The van der Waals surface area contributed by atoms with Crippen LogP contribution in [0.3, 0.4) is 0 Å². The maximum absolute atomic E-state index is 15.4. The van der Waals surface area contributed by atoms with Crippen LogP contribution in [-0.2, 0) is 4.79 Å². The van der Waals surface area contributed by atoms with Gasteiger partial charge in [-0.25, -0.2) is 13.2 Å². The molecule has 1 aliphatic heterocycles. The van der Waals surface area contributed by atoms with Gasteiger partial charge in [0.1, 0.15) is 23.6 Å². The summed E-state index contributed by atoms with van der Waals surface area (Å²) in [6.45, 7) is 1.88. The number of hydrogen-bond donors (Lipinski definition) is 1. The number of piperidine rings is 1. The molecule has 1 aliphatic rings. The number of pyridine rings is 1. The van der Waals surface area contributed by atoms with Crippen LogP contribution >= 0.6 is 11.8 Å². The lowest BCUT2D eigenvalue weighted by Crippen LogP contribution is -2.44. The number of carboxylic acids is 1. The molecule has 3 aromatic rings. The van der Waals surface area contributed by atoms with Gasteiger partial charge in [0.25, 0.3) is 0 Å². The van der Waals surface area contributed by atoms with Crippen molar-refractivity contribution in [1.82, 2.24) is 9.88 Å². The topological polar surface area (TPSA) is 62.7 Å². The van der Waals surface area contributed by atoms with Crippen molar-refractivity contribution in [3.63, 3.8) is 0 Å². The van der Waals surface area contributed by atoms with Crippen molar-refractivity contribution < 1.29 is 27.8 Å². The predicted octanol–water partition coefficient (Wildman–Crippen LogP) is 6.52. The lowest BCUT2D eigenvalue weighted by molar-refractivity contribution is -0.146. The number of aromatic nitrogens is 1. The summed E-state index contributed by atoms with van der Waals surface area (Å²) in [5.74, 6) is -1.39. The second-order valence-corrected chi connectivity index (χ2v) is 10.6. The fourth-order valence-corrected chi connectivity index (χ4v) is 5.95. The molecule has 1 fully saturated rings. The molecule has 0 amide bonds. The van der Waals surface area contributed by atoms with Crippen molar-refractivity contribution in [2.75, 3.05) is 32.5 Å². The number of aliphatic carboxylic acids is 1. The highest BCUT2D eigenvalue weighted by atomic mass is 32.2.